The van der Waals surface area contributed by atoms with Gasteiger partial charge in [0.05, 0.1) is 11.6 Å². The molecule has 156 valence electrons. The predicted molar refractivity (Wildman–Crippen MR) is 108 cm³/mol. The van der Waals surface area contributed by atoms with Crippen molar-refractivity contribution in [2.24, 2.45) is 0 Å². The lowest BCUT2D eigenvalue weighted by atomic mass is 10.1. The first-order valence-corrected chi connectivity index (χ1v) is 9.48. The number of ether oxygens (including phenoxy) is 2. The first-order chi connectivity index (χ1) is 13.9. The molecule has 0 bridgehead atoms. The summed E-state index contributed by atoms with van der Waals surface area (Å²) in [5, 5.41) is 3.10. The third-order valence-corrected chi connectivity index (χ3v) is 4.54. The number of benzene rings is 2. The van der Waals surface area contributed by atoms with Gasteiger partial charge in [-0.15, -0.1) is 0 Å². The van der Waals surface area contributed by atoms with E-state index in [0.29, 0.717) is 29.5 Å². The van der Waals surface area contributed by atoms with Crippen molar-refractivity contribution >= 4 is 23.4 Å². The summed E-state index contributed by atoms with van der Waals surface area (Å²) in [7, 11) is 1.53. The molecule has 0 aliphatic rings. The maximum absolute atomic E-state index is 13.2. The molecule has 2 aromatic carbocycles. The molecule has 2 amide bonds. The molecule has 0 fully saturated rings. The standard InChI is InChI=1S/C21H24ClFN2O4/c1-15(21(27)24-11-12-28-2)25(13-16-7-9-17(23)10-8-16)20(26)14-29-19-6-4-3-5-18(19)22/h3-10,15H,11-14H2,1-2H3,(H,24,27)/t15-/m0/s1. The molecule has 6 nitrogen and oxygen atoms in total. The molecule has 0 spiro atoms. The van der Waals surface area contributed by atoms with Gasteiger partial charge in [-0.25, -0.2) is 4.39 Å². The van der Waals surface area contributed by atoms with Crippen LogP contribution in [0.5, 0.6) is 5.75 Å². The van der Waals surface area contributed by atoms with Crippen molar-refractivity contribution in [2.45, 2.75) is 19.5 Å². The summed E-state index contributed by atoms with van der Waals surface area (Å²) in [5.74, 6) is -0.723. The summed E-state index contributed by atoms with van der Waals surface area (Å²) in [4.78, 5) is 26.7. The topological polar surface area (TPSA) is 67.9 Å². The number of carbonyl (C=O) groups excluding carboxylic acids is 2. The summed E-state index contributed by atoms with van der Waals surface area (Å²) in [6.45, 7) is 2.15. The molecule has 1 N–H and O–H groups in total. The lowest BCUT2D eigenvalue weighted by Gasteiger charge is -2.28. The Balaban J connectivity index is 2.11. The van der Waals surface area contributed by atoms with Crippen LogP contribution < -0.4 is 10.1 Å². The molecule has 0 saturated carbocycles. The number of nitrogens with zero attached hydrogens (tertiary/aromatic N) is 1. The van der Waals surface area contributed by atoms with Crippen LogP contribution in [-0.2, 0) is 20.9 Å². The summed E-state index contributed by atoms with van der Waals surface area (Å²) in [6.07, 6.45) is 0. The van der Waals surface area contributed by atoms with Gasteiger partial charge in [-0.1, -0.05) is 35.9 Å². The fourth-order valence-electron chi connectivity index (χ4n) is 2.58. The Hall–Kier alpha value is -2.64. The number of hydrogen-bond donors (Lipinski definition) is 1. The van der Waals surface area contributed by atoms with Crippen molar-refractivity contribution in [3.05, 3.63) is 64.9 Å². The van der Waals surface area contributed by atoms with Crippen molar-refractivity contribution < 1.29 is 23.5 Å². The molecular weight excluding hydrogens is 399 g/mol. The van der Waals surface area contributed by atoms with E-state index in [2.05, 4.69) is 5.32 Å². The van der Waals surface area contributed by atoms with Crippen LogP contribution in [0.15, 0.2) is 48.5 Å². The Morgan fingerprint density at radius 3 is 2.52 bits per heavy atom. The SMILES string of the molecule is COCCNC(=O)[C@H](C)N(Cc1ccc(F)cc1)C(=O)COc1ccccc1Cl. The zero-order chi connectivity index (χ0) is 21.2. The van der Waals surface area contributed by atoms with E-state index in [-0.39, 0.29) is 24.9 Å². The largest absolute Gasteiger partial charge is 0.482 e. The maximum Gasteiger partial charge on any atom is 0.261 e. The third kappa shape index (κ3) is 7.03. The number of para-hydroxylation sites is 1. The molecular formula is C21H24ClFN2O4. The van der Waals surface area contributed by atoms with E-state index in [1.807, 2.05) is 0 Å². The van der Waals surface area contributed by atoms with Crippen molar-refractivity contribution in [1.29, 1.82) is 0 Å². The number of amides is 2. The number of methoxy groups -OCH3 is 1. The van der Waals surface area contributed by atoms with Crippen LogP contribution in [-0.4, -0.2) is 49.6 Å². The molecule has 0 saturated heterocycles. The Morgan fingerprint density at radius 1 is 1.17 bits per heavy atom. The van der Waals surface area contributed by atoms with E-state index in [1.54, 1.807) is 43.3 Å². The van der Waals surface area contributed by atoms with Crippen LogP contribution in [0.25, 0.3) is 0 Å². The predicted octanol–water partition coefficient (Wildman–Crippen LogP) is 3.04. The van der Waals surface area contributed by atoms with E-state index in [4.69, 9.17) is 21.1 Å². The van der Waals surface area contributed by atoms with Gasteiger partial charge >= 0.3 is 0 Å². The minimum Gasteiger partial charge on any atom is -0.482 e. The maximum atomic E-state index is 13.2. The normalized spacial score (nSPS) is 11.6. The molecule has 0 unspecified atom stereocenters. The first-order valence-electron chi connectivity index (χ1n) is 9.10. The average molecular weight is 423 g/mol. The first kappa shape index (κ1) is 22.6. The van der Waals surface area contributed by atoms with E-state index in [0.717, 1.165) is 0 Å². The molecule has 8 heteroatoms. The Kier molecular flexibility index (Phi) is 8.89. The van der Waals surface area contributed by atoms with Gasteiger partial charge in [0.1, 0.15) is 17.6 Å². The van der Waals surface area contributed by atoms with Gasteiger partial charge in [0.25, 0.3) is 5.91 Å². The van der Waals surface area contributed by atoms with Crippen LogP contribution >= 0.6 is 11.6 Å². The highest BCUT2D eigenvalue weighted by Gasteiger charge is 2.26. The minimum absolute atomic E-state index is 0.129. The third-order valence-electron chi connectivity index (χ3n) is 4.23. The molecule has 29 heavy (non-hydrogen) atoms. The minimum atomic E-state index is -0.765. The van der Waals surface area contributed by atoms with Crippen LogP contribution in [0.4, 0.5) is 4.39 Å². The van der Waals surface area contributed by atoms with E-state index >= 15 is 0 Å². The lowest BCUT2D eigenvalue weighted by molar-refractivity contribution is -0.142. The van der Waals surface area contributed by atoms with Crippen molar-refractivity contribution in [1.82, 2.24) is 10.2 Å². The van der Waals surface area contributed by atoms with Gasteiger partial charge in [-0.05, 0) is 36.8 Å². The number of hydrogen-bond acceptors (Lipinski definition) is 4. The van der Waals surface area contributed by atoms with E-state index < -0.39 is 11.9 Å². The molecule has 0 radical (unpaired) electrons. The van der Waals surface area contributed by atoms with Crippen molar-refractivity contribution in [3.8, 4) is 5.75 Å². The zero-order valence-corrected chi connectivity index (χ0v) is 17.1. The molecule has 0 aliphatic carbocycles. The van der Waals surface area contributed by atoms with Gasteiger partial charge in [0, 0.05) is 20.2 Å². The molecule has 2 rings (SSSR count). The number of nitrogens with one attached hydrogen (secondary N) is 1. The monoisotopic (exact) mass is 422 g/mol. The van der Waals surface area contributed by atoms with E-state index in [1.165, 1.54) is 24.1 Å². The molecule has 2 aromatic rings. The summed E-state index contributed by atoms with van der Waals surface area (Å²) < 4.78 is 23.7. The van der Waals surface area contributed by atoms with Gasteiger partial charge in [0.2, 0.25) is 5.91 Å². The second-order valence-corrected chi connectivity index (χ2v) is 6.73. The number of carbonyl (C=O) groups is 2. The highest BCUT2D eigenvalue weighted by molar-refractivity contribution is 6.32. The number of rotatable bonds is 10. The lowest BCUT2D eigenvalue weighted by Crippen LogP contribution is -2.49. The van der Waals surface area contributed by atoms with Crippen LogP contribution in [0.2, 0.25) is 5.02 Å². The average Bonchev–Trinajstić information content (AvgIpc) is 2.72. The van der Waals surface area contributed by atoms with Crippen molar-refractivity contribution in [2.75, 3.05) is 26.9 Å². The summed E-state index contributed by atoms with van der Waals surface area (Å²) in [6, 6.07) is 11.8. The highest BCUT2D eigenvalue weighted by atomic mass is 35.5. The van der Waals surface area contributed by atoms with Gasteiger partial charge in [0.15, 0.2) is 6.61 Å². The molecule has 0 heterocycles. The van der Waals surface area contributed by atoms with Gasteiger partial charge in [-0.3, -0.25) is 9.59 Å². The Morgan fingerprint density at radius 2 is 1.86 bits per heavy atom. The van der Waals surface area contributed by atoms with Gasteiger partial charge < -0.3 is 19.7 Å². The Labute approximate surface area is 174 Å². The molecule has 0 aromatic heterocycles. The quantitative estimate of drug-likeness (QED) is 0.597. The fourth-order valence-corrected chi connectivity index (χ4v) is 2.77. The molecule has 0 aliphatic heterocycles. The fraction of sp³-hybridized carbons (Fsp3) is 0.333. The van der Waals surface area contributed by atoms with Gasteiger partial charge in [-0.2, -0.15) is 0 Å². The van der Waals surface area contributed by atoms with Crippen LogP contribution in [0, 0.1) is 5.82 Å². The smallest absolute Gasteiger partial charge is 0.261 e. The Bertz CT molecular complexity index is 817. The van der Waals surface area contributed by atoms with E-state index in [9.17, 15) is 14.0 Å². The summed E-state index contributed by atoms with van der Waals surface area (Å²) >= 11 is 6.05. The van der Waals surface area contributed by atoms with Crippen LogP contribution in [0.3, 0.4) is 0 Å². The second-order valence-electron chi connectivity index (χ2n) is 6.33. The molecule has 1 atom stereocenters. The zero-order valence-electron chi connectivity index (χ0n) is 16.4. The second kappa shape index (κ2) is 11.4. The summed E-state index contributed by atoms with van der Waals surface area (Å²) in [5.41, 5.74) is 0.689. The van der Waals surface area contributed by atoms with Crippen molar-refractivity contribution in [3.63, 3.8) is 0 Å². The number of halogens is 2. The highest BCUT2D eigenvalue weighted by Crippen LogP contribution is 2.23. The van der Waals surface area contributed by atoms with Crippen LogP contribution in [0.1, 0.15) is 12.5 Å².